The standard InChI is InChI=1S/C7H10ClN3OS/c8-5-6(9)10-4-11-7(5)13-3-1-2-12/h4,12H,1-3H2,(H2,9,10,11). The maximum absolute atomic E-state index is 8.56. The molecule has 0 aromatic carbocycles. The summed E-state index contributed by atoms with van der Waals surface area (Å²) in [4.78, 5) is 7.71. The molecular formula is C7H10ClN3OS. The Hall–Kier alpha value is -0.520. The van der Waals surface area contributed by atoms with Crippen molar-refractivity contribution in [3.63, 3.8) is 0 Å². The van der Waals surface area contributed by atoms with Crippen molar-refractivity contribution in [1.29, 1.82) is 0 Å². The fourth-order valence-electron chi connectivity index (χ4n) is 0.700. The van der Waals surface area contributed by atoms with Crippen LogP contribution in [-0.4, -0.2) is 27.4 Å². The van der Waals surface area contributed by atoms with Gasteiger partial charge in [-0.2, -0.15) is 0 Å². The molecule has 0 saturated heterocycles. The zero-order chi connectivity index (χ0) is 9.68. The van der Waals surface area contributed by atoms with E-state index in [0.717, 1.165) is 5.75 Å². The van der Waals surface area contributed by atoms with Gasteiger partial charge in [-0.3, -0.25) is 0 Å². The lowest BCUT2D eigenvalue weighted by atomic mass is 10.5. The SMILES string of the molecule is Nc1ncnc(SCCCO)c1Cl. The summed E-state index contributed by atoms with van der Waals surface area (Å²) in [5.74, 6) is 1.07. The predicted molar refractivity (Wildman–Crippen MR) is 53.9 cm³/mol. The van der Waals surface area contributed by atoms with Gasteiger partial charge in [0.05, 0.1) is 0 Å². The molecule has 0 saturated carbocycles. The first-order chi connectivity index (χ1) is 6.25. The molecule has 13 heavy (non-hydrogen) atoms. The molecule has 6 heteroatoms. The molecular weight excluding hydrogens is 210 g/mol. The van der Waals surface area contributed by atoms with Gasteiger partial charge >= 0.3 is 0 Å². The van der Waals surface area contributed by atoms with Gasteiger partial charge in [-0.25, -0.2) is 9.97 Å². The fourth-order valence-corrected chi connectivity index (χ4v) is 1.78. The van der Waals surface area contributed by atoms with Crippen LogP contribution in [0.3, 0.4) is 0 Å². The van der Waals surface area contributed by atoms with Crippen LogP contribution in [0.5, 0.6) is 0 Å². The molecule has 0 fully saturated rings. The molecule has 1 aromatic rings. The molecule has 72 valence electrons. The summed E-state index contributed by atoms with van der Waals surface area (Å²) in [6, 6.07) is 0. The zero-order valence-electron chi connectivity index (χ0n) is 6.90. The summed E-state index contributed by atoms with van der Waals surface area (Å²) in [5, 5.41) is 9.63. The van der Waals surface area contributed by atoms with Crippen molar-refractivity contribution in [1.82, 2.24) is 9.97 Å². The summed E-state index contributed by atoms with van der Waals surface area (Å²) in [7, 11) is 0. The average molecular weight is 220 g/mol. The maximum atomic E-state index is 8.56. The highest BCUT2D eigenvalue weighted by Gasteiger charge is 2.05. The second-order valence-corrected chi connectivity index (χ2v) is 3.77. The lowest BCUT2D eigenvalue weighted by Crippen LogP contribution is -1.95. The summed E-state index contributed by atoms with van der Waals surface area (Å²) in [6.45, 7) is 0.172. The minimum atomic E-state index is 0.172. The predicted octanol–water partition coefficient (Wildman–Crippen LogP) is 1.19. The van der Waals surface area contributed by atoms with Crippen molar-refractivity contribution in [2.75, 3.05) is 18.1 Å². The van der Waals surface area contributed by atoms with E-state index in [9.17, 15) is 0 Å². The Labute approximate surface area is 85.5 Å². The number of thioether (sulfide) groups is 1. The molecule has 1 heterocycles. The van der Waals surface area contributed by atoms with Gasteiger partial charge in [-0.15, -0.1) is 11.8 Å². The number of hydrogen-bond acceptors (Lipinski definition) is 5. The molecule has 0 bridgehead atoms. The van der Waals surface area contributed by atoms with Gasteiger partial charge in [0.1, 0.15) is 22.2 Å². The smallest absolute Gasteiger partial charge is 0.146 e. The van der Waals surface area contributed by atoms with Crippen molar-refractivity contribution >= 4 is 29.2 Å². The number of nitrogens with zero attached hydrogens (tertiary/aromatic N) is 2. The molecule has 0 unspecified atom stereocenters. The van der Waals surface area contributed by atoms with Crippen molar-refractivity contribution < 1.29 is 5.11 Å². The Morgan fingerprint density at radius 3 is 3.00 bits per heavy atom. The van der Waals surface area contributed by atoms with Gasteiger partial charge in [0, 0.05) is 12.4 Å². The van der Waals surface area contributed by atoms with Gasteiger partial charge in [-0.1, -0.05) is 11.6 Å². The zero-order valence-corrected chi connectivity index (χ0v) is 8.48. The third-order valence-corrected chi connectivity index (χ3v) is 2.89. The highest BCUT2D eigenvalue weighted by atomic mass is 35.5. The first-order valence-corrected chi connectivity index (χ1v) is 5.11. The van der Waals surface area contributed by atoms with Crippen LogP contribution >= 0.6 is 23.4 Å². The van der Waals surface area contributed by atoms with E-state index in [2.05, 4.69) is 9.97 Å². The van der Waals surface area contributed by atoms with Crippen LogP contribution in [-0.2, 0) is 0 Å². The van der Waals surface area contributed by atoms with E-state index < -0.39 is 0 Å². The number of hydrogen-bond donors (Lipinski definition) is 2. The fraction of sp³-hybridized carbons (Fsp3) is 0.429. The van der Waals surface area contributed by atoms with E-state index in [0.29, 0.717) is 22.3 Å². The van der Waals surface area contributed by atoms with E-state index in [1.165, 1.54) is 18.1 Å². The molecule has 0 aliphatic heterocycles. The summed E-state index contributed by atoms with van der Waals surface area (Å²) in [5.41, 5.74) is 5.48. The second-order valence-electron chi connectivity index (χ2n) is 2.30. The van der Waals surface area contributed by atoms with Crippen molar-refractivity contribution in [2.24, 2.45) is 0 Å². The first kappa shape index (κ1) is 10.6. The molecule has 4 nitrogen and oxygen atoms in total. The minimum absolute atomic E-state index is 0.172. The van der Waals surface area contributed by atoms with Crippen LogP contribution in [0.4, 0.5) is 5.82 Å². The van der Waals surface area contributed by atoms with Gasteiger partial charge in [0.25, 0.3) is 0 Å². The normalized spacial score (nSPS) is 10.3. The highest BCUT2D eigenvalue weighted by Crippen LogP contribution is 2.27. The van der Waals surface area contributed by atoms with Gasteiger partial charge < -0.3 is 10.8 Å². The average Bonchev–Trinajstić information content (AvgIpc) is 2.13. The molecule has 0 atom stereocenters. The van der Waals surface area contributed by atoms with Crippen LogP contribution in [0, 0.1) is 0 Å². The summed E-state index contributed by atoms with van der Waals surface area (Å²) < 4.78 is 0. The Morgan fingerprint density at radius 1 is 1.54 bits per heavy atom. The van der Waals surface area contributed by atoms with Crippen LogP contribution < -0.4 is 5.73 Å². The third-order valence-electron chi connectivity index (χ3n) is 1.33. The third kappa shape index (κ3) is 3.02. The molecule has 0 radical (unpaired) electrons. The monoisotopic (exact) mass is 219 g/mol. The number of nitrogens with two attached hydrogens (primary N) is 1. The van der Waals surface area contributed by atoms with E-state index in [1.807, 2.05) is 0 Å². The van der Waals surface area contributed by atoms with Crippen molar-refractivity contribution in [3.8, 4) is 0 Å². The quantitative estimate of drug-likeness (QED) is 0.452. The Bertz CT molecular complexity index is 284. The molecule has 0 spiro atoms. The van der Waals surface area contributed by atoms with Crippen molar-refractivity contribution in [2.45, 2.75) is 11.4 Å². The van der Waals surface area contributed by atoms with Crippen LogP contribution in [0.2, 0.25) is 5.02 Å². The number of nitrogen functional groups attached to an aromatic ring is 1. The topological polar surface area (TPSA) is 72.0 Å². The van der Waals surface area contributed by atoms with Gasteiger partial charge in [-0.05, 0) is 6.42 Å². The molecule has 0 aliphatic rings. The van der Waals surface area contributed by atoms with Gasteiger partial charge in [0.15, 0.2) is 0 Å². The molecule has 1 rings (SSSR count). The molecule has 3 N–H and O–H groups in total. The Morgan fingerprint density at radius 2 is 2.31 bits per heavy atom. The number of rotatable bonds is 4. The number of anilines is 1. The lowest BCUT2D eigenvalue weighted by molar-refractivity contribution is 0.296. The number of aliphatic hydroxyl groups is 1. The van der Waals surface area contributed by atoms with Crippen LogP contribution in [0.1, 0.15) is 6.42 Å². The van der Waals surface area contributed by atoms with Crippen LogP contribution in [0.15, 0.2) is 11.4 Å². The second kappa shape index (κ2) is 5.26. The molecule has 1 aromatic heterocycles. The molecule has 0 amide bonds. The molecule has 0 aliphatic carbocycles. The lowest BCUT2D eigenvalue weighted by Gasteiger charge is -2.02. The summed E-state index contributed by atoms with van der Waals surface area (Å²) >= 11 is 7.30. The van der Waals surface area contributed by atoms with Gasteiger partial charge in [0.2, 0.25) is 0 Å². The van der Waals surface area contributed by atoms with E-state index in [-0.39, 0.29) is 6.61 Å². The first-order valence-electron chi connectivity index (χ1n) is 3.75. The van der Waals surface area contributed by atoms with E-state index >= 15 is 0 Å². The number of halogens is 1. The minimum Gasteiger partial charge on any atom is -0.396 e. The maximum Gasteiger partial charge on any atom is 0.146 e. The highest BCUT2D eigenvalue weighted by molar-refractivity contribution is 7.99. The summed E-state index contributed by atoms with van der Waals surface area (Å²) in [6.07, 6.45) is 2.09. The Kier molecular flexibility index (Phi) is 4.27. The largest absolute Gasteiger partial charge is 0.396 e. The van der Waals surface area contributed by atoms with Crippen LogP contribution in [0.25, 0.3) is 0 Å². The number of aliphatic hydroxyl groups excluding tert-OH is 1. The van der Waals surface area contributed by atoms with E-state index in [4.69, 9.17) is 22.4 Å². The Balaban J connectivity index is 2.61. The van der Waals surface area contributed by atoms with E-state index in [1.54, 1.807) is 0 Å². The van der Waals surface area contributed by atoms with Crippen molar-refractivity contribution in [3.05, 3.63) is 11.3 Å². The number of aromatic nitrogens is 2.